The summed E-state index contributed by atoms with van der Waals surface area (Å²) >= 11 is 6.94. The van der Waals surface area contributed by atoms with Gasteiger partial charge in [-0.05, 0) is 62.5 Å². The van der Waals surface area contributed by atoms with Crippen LogP contribution in [0.5, 0.6) is 5.75 Å². The molecule has 7 heteroatoms. The predicted octanol–water partition coefficient (Wildman–Crippen LogP) is 6.53. The fourth-order valence-electron chi connectivity index (χ4n) is 2.47. The summed E-state index contributed by atoms with van der Waals surface area (Å²) < 4.78 is 23.1. The molecule has 0 aromatic heterocycles. The first-order valence-electron chi connectivity index (χ1n) is 9.55. The zero-order valence-electron chi connectivity index (χ0n) is 16.9. The van der Waals surface area contributed by atoms with E-state index in [1.54, 1.807) is 13.2 Å². The molecule has 0 saturated heterocycles. The molecule has 0 fully saturated rings. The lowest BCUT2D eigenvalue weighted by molar-refractivity contribution is 0.410. The molecule has 2 aromatic rings. The molecule has 0 aliphatic rings. The van der Waals surface area contributed by atoms with Crippen LogP contribution in [0.15, 0.2) is 56.3 Å². The third-order valence-electron chi connectivity index (χ3n) is 3.91. The van der Waals surface area contributed by atoms with E-state index in [1.807, 2.05) is 50.2 Å². The first kappa shape index (κ1) is 25.1. The van der Waals surface area contributed by atoms with Crippen LogP contribution in [-0.2, 0) is 11.0 Å². The largest absolute Gasteiger partial charge is 0.496 e. The summed E-state index contributed by atoms with van der Waals surface area (Å²) in [6, 6.07) is 13.8. The van der Waals surface area contributed by atoms with Crippen molar-refractivity contribution in [1.82, 2.24) is 4.72 Å². The molecule has 0 aliphatic heterocycles. The van der Waals surface area contributed by atoms with Crippen LogP contribution < -0.4 is 14.8 Å². The van der Waals surface area contributed by atoms with E-state index in [4.69, 9.17) is 4.74 Å². The Hall–Kier alpha value is -0.890. The number of anilines is 1. The molecule has 2 unspecified atom stereocenters. The fourth-order valence-corrected chi connectivity index (χ4v) is 5.15. The normalized spacial score (nSPS) is 12.5. The number of hydrogen-bond donors (Lipinski definition) is 2. The minimum atomic E-state index is -1.34. The lowest BCUT2D eigenvalue weighted by Gasteiger charge is -2.20. The topological polar surface area (TPSA) is 50.4 Å². The van der Waals surface area contributed by atoms with Crippen molar-refractivity contribution >= 4 is 48.5 Å². The van der Waals surface area contributed by atoms with Gasteiger partial charge in [0.1, 0.15) is 16.7 Å². The van der Waals surface area contributed by atoms with Crippen LogP contribution in [0.25, 0.3) is 0 Å². The molecule has 0 heterocycles. The number of benzene rings is 2. The van der Waals surface area contributed by atoms with Gasteiger partial charge >= 0.3 is 0 Å². The molecule has 0 spiro atoms. The third-order valence-corrected chi connectivity index (χ3v) is 6.74. The van der Waals surface area contributed by atoms with Crippen molar-refractivity contribution in [2.75, 3.05) is 19.0 Å². The molecule has 0 saturated carbocycles. The lowest BCUT2D eigenvalue weighted by Crippen LogP contribution is -2.36. The fraction of sp³-hybridized carbons (Fsp3) is 0.429. The maximum atomic E-state index is 12.9. The number of ether oxygens (including phenoxy) is 1. The summed E-state index contributed by atoms with van der Waals surface area (Å²) in [5.41, 5.74) is 1.06. The second kappa shape index (κ2) is 14.1. The number of hydrogen-bond acceptors (Lipinski definition) is 3. The van der Waals surface area contributed by atoms with Crippen molar-refractivity contribution in [2.45, 2.75) is 51.0 Å². The van der Waals surface area contributed by atoms with Gasteiger partial charge in [0, 0.05) is 22.7 Å². The smallest absolute Gasteiger partial charge is 0.134 e. The average Bonchev–Trinajstić information content (AvgIpc) is 2.72. The number of unbranched alkanes of at least 4 members (excludes halogenated alkanes) is 1. The van der Waals surface area contributed by atoms with Gasteiger partial charge < -0.3 is 10.1 Å². The summed E-state index contributed by atoms with van der Waals surface area (Å²) in [6.07, 6.45) is 3.13. The van der Waals surface area contributed by atoms with Crippen molar-refractivity contribution < 1.29 is 8.95 Å². The van der Waals surface area contributed by atoms with Crippen molar-refractivity contribution in [3.8, 4) is 5.75 Å². The first-order valence-corrected chi connectivity index (χ1v) is 12.3. The highest BCUT2D eigenvalue weighted by molar-refractivity contribution is 9.11. The minimum Gasteiger partial charge on any atom is -0.496 e. The molecule has 0 aliphatic carbocycles. The van der Waals surface area contributed by atoms with Crippen LogP contribution in [0.4, 0.5) is 5.69 Å². The van der Waals surface area contributed by atoms with Gasteiger partial charge in [-0.1, -0.05) is 51.8 Å². The maximum absolute atomic E-state index is 12.9. The second-order valence-corrected chi connectivity index (χ2v) is 8.81. The van der Waals surface area contributed by atoms with Crippen LogP contribution >= 0.6 is 31.9 Å². The van der Waals surface area contributed by atoms with Gasteiger partial charge in [-0.3, -0.25) is 0 Å². The molecule has 0 amide bonds. The zero-order chi connectivity index (χ0) is 20.9. The molecule has 156 valence electrons. The van der Waals surface area contributed by atoms with E-state index in [0.29, 0.717) is 17.2 Å². The molecule has 4 nitrogen and oxygen atoms in total. The number of rotatable bonds is 10. The maximum Gasteiger partial charge on any atom is 0.134 e. The number of nitrogens with one attached hydrogen (secondary N) is 2. The van der Waals surface area contributed by atoms with E-state index < -0.39 is 11.0 Å². The predicted molar refractivity (Wildman–Crippen MR) is 128 cm³/mol. The van der Waals surface area contributed by atoms with E-state index in [1.165, 1.54) is 0 Å². The van der Waals surface area contributed by atoms with Gasteiger partial charge in [0.15, 0.2) is 0 Å². The standard InChI is InChI=1S/C19H24Br2N2O2S.C2H6/c1-3-4-8-15(13-22-14-9-6-5-7-10-14)23-26(24)19-12-18(25-2)16(20)11-17(19)21;1-2/h5-7,9-12,15,22-23H,3-4,8,13H2,1-2H3;1-2H3. The van der Waals surface area contributed by atoms with E-state index in [9.17, 15) is 4.21 Å². The molecular formula is C21H30Br2N2O2S. The molecule has 2 N–H and O–H groups in total. The molecule has 2 rings (SSSR count). The highest BCUT2D eigenvalue weighted by Gasteiger charge is 2.17. The molecule has 0 bridgehead atoms. The summed E-state index contributed by atoms with van der Waals surface area (Å²) in [6.45, 7) is 6.87. The number of halogens is 2. The van der Waals surface area contributed by atoms with Crippen LogP contribution in [0.3, 0.4) is 0 Å². The summed E-state index contributed by atoms with van der Waals surface area (Å²) in [5, 5.41) is 3.42. The van der Waals surface area contributed by atoms with Crippen LogP contribution in [0.2, 0.25) is 0 Å². The lowest BCUT2D eigenvalue weighted by atomic mass is 10.1. The highest BCUT2D eigenvalue weighted by atomic mass is 79.9. The Bertz CT molecular complexity index is 730. The van der Waals surface area contributed by atoms with E-state index in [0.717, 1.165) is 33.9 Å². The van der Waals surface area contributed by atoms with Crippen LogP contribution in [-0.4, -0.2) is 23.9 Å². The molecular weight excluding hydrogens is 504 g/mol. The summed E-state index contributed by atoms with van der Waals surface area (Å²) in [7, 11) is 0.255. The highest BCUT2D eigenvalue weighted by Crippen LogP contribution is 2.33. The van der Waals surface area contributed by atoms with Gasteiger partial charge in [0.05, 0.1) is 16.5 Å². The van der Waals surface area contributed by atoms with Crippen LogP contribution in [0, 0.1) is 0 Å². The molecule has 0 radical (unpaired) electrons. The van der Waals surface area contributed by atoms with E-state index in [-0.39, 0.29) is 6.04 Å². The van der Waals surface area contributed by atoms with Crippen molar-refractivity contribution in [1.29, 1.82) is 0 Å². The Morgan fingerprint density at radius 1 is 1.11 bits per heavy atom. The van der Waals surface area contributed by atoms with Gasteiger partial charge in [-0.25, -0.2) is 8.93 Å². The van der Waals surface area contributed by atoms with Crippen molar-refractivity contribution in [3.05, 3.63) is 51.4 Å². The average molecular weight is 534 g/mol. The molecule has 2 aromatic carbocycles. The third kappa shape index (κ3) is 8.23. The second-order valence-electron chi connectivity index (χ2n) is 5.89. The Balaban J connectivity index is 0.00000190. The van der Waals surface area contributed by atoms with Crippen molar-refractivity contribution in [3.63, 3.8) is 0 Å². The number of para-hydroxylation sites is 1. The zero-order valence-corrected chi connectivity index (χ0v) is 20.9. The monoisotopic (exact) mass is 532 g/mol. The Kier molecular flexibility index (Phi) is 12.7. The Morgan fingerprint density at radius 3 is 2.39 bits per heavy atom. The summed E-state index contributed by atoms with van der Waals surface area (Å²) in [4.78, 5) is 0.672. The Labute approximate surface area is 188 Å². The SMILES string of the molecule is CC.CCCCC(CNc1ccccc1)NS(=O)c1cc(OC)c(Br)cc1Br. The Morgan fingerprint density at radius 2 is 1.79 bits per heavy atom. The van der Waals surface area contributed by atoms with Crippen molar-refractivity contribution in [2.24, 2.45) is 0 Å². The van der Waals surface area contributed by atoms with E-state index in [2.05, 4.69) is 48.8 Å². The van der Waals surface area contributed by atoms with Gasteiger partial charge in [0.2, 0.25) is 0 Å². The number of methoxy groups -OCH3 is 1. The van der Waals surface area contributed by atoms with Gasteiger partial charge in [0.25, 0.3) is 0 Å². The van der Waals surface area contributed by atoms with Gasteiger partial charge in [-0.15, -0.1) is 0 Å². The summed E-state index contributed by atoms with van der Waals surface area (Å²) in [5.74, 6) is 0.658. The minimum absolute atomic E-state index is 0.0949. The molecule has 28 heavy (non-hydrogen) atoms. The molecule has 2 atom stereocenters. The first-order chi connectivity index (χ1) is 13.5. The van der Waals surface area contributed by atoms with E-state index >= 15 is 0 Å². The van der Waals surface area contributed by atoms with Crippen LogP contribution in [0.1, 0.15) is 40.0 Å². The van der Waals surface area contributed by atoms with Gasteiger partial charge in [-0.2, -0.15) is 0 Å². The quantitative estimate of drug-likeness (QED) is 0.365.